The molecule has 2 heteroatoms. The molecule has 1 aromatic rings. The third-order valence-electron chi connectivity index (χ3n) is 4.78. The monoisotopic (exact) mass is 244 g/mol. The van der Waals surface area contributed by atoms with E-state index in [4.69, 9.17) is 5.73 Å². The Hall–Kier alpha value is -1.02. The lowest BCUT2D eigenvalue weighted by Crippen LogP contribution is -2.38. The molecule has 3 rings (SSSR count). The molecule has 0 aromatic heterocycles. The van der Waals surface area contributed by atoms with Gasteiger partial charge in [-0.25, -0.2) is 0 Å². The lowest BCUT2D eigenvalue weighted by Gasteiger charge is -2.35. The molecule has 0 unspecified atom stereocenters. The van der Waals surface area contributed by atoms with Gasteiger partial charge in [-0.1, -0.05) is 6.07 Å². The number of nitrogens with zero attached hydrogens (tertiary/aromatic N) is 1. The van der Waals surface area contributed by atoms with E-state index in [2.05, 4.69) is 30.1 Å². The number of hydrogen-bond donors (Lipinski definition) is 1. The minimum atomic E-state index is 0.440. The summed E-state index contributed by atoms with van der Waals surface area (Å²) >= 11 is 0. The van der Waals surface area contributed by atoms with Crippen molar-refractivity contribution >= 4 is 5.69 Å². The lowest BCUT2D eigenvalue weighted by atomic mass is 9.90. The van der Waals surface area contributed by atoms with Gasteiger partial charge < -0.3 is 10.6 Å². The van der Waals surface area contributed by atoms with Crippen molar-refractivity contribution in [2.24, 2.45) is 5.73 Å². The Balaban J connectivity index is 1.74. The van der Waals surface area contributed by atoms with E-state index in [-0.39, 0.29) is 0 Å². The van der Waals surface area contributed by atoms with Crippen LogP contribution in [-0.2, 0) is 12.8 Å². The Bertz CT molecular complexity index is 419. The van der Waals surface area contributed by atoms with Gasteiger partial charge in [-0.05, 0) is 68.2 Å². The van der Waals surface area contributed by atoms with Gasteiger partial charge in [-0.3, -0.25) is 0 Å². The molecular formula is C16H24N2. The normalized spacial score (nSPS) is 27.0. The van der Waals surface area contributed by atoms with Crippen LogP contribution in [0.25, 0.3) is 0 Å². The number of aryl methyl sites for hydroxylation is 2. The summed E-state index contributed by atoms with van der Waals surface area (Å²) in [6.45, 7) is 0. The molecule has 2 N–H and O–H groups in total. The molecule has 2 aliphatic carbocycles. The topological polar surface area (TPSA) is 29.3 Å². The molecular weight excluding hydrogens is 220 g/mol. The third kappa shape index (κ3) is 2.26. The second-order valence-corrected chi connectivity index (χ2v) is 5.99. The van der Waals surface area contributed by atoms with E-state index in [1.807, 2.05) is 0 Å². The van der Waals surface area contributed by atoms with Crippen molar-refractivity contribution in [1.82, 2.24) is 0 Å². The van der Waals surface area contributed by atoms with Crippen LogP contribution in [-0.4, -0.2) is 19.1 Å². The van der Waals surface area contributed by atoms with Crippen LogP contribution >= 0.6 is 0 Å². The fraction of sp³-hybridized carbons (Fsp3) is 0.625. The number of rotatable bonds is 2. The minimum Gasteiger partial charge on any atom is -0.372 e. The second-order valence-electron chi connectivity index (χ2n) is 5.99. The van der Waals surface area contributed by atoms with Crippen LogP contribution in [0, 0.1) is 0 Å². The second kappa shape index (κ2) is 4.93. The molecule has 2 nitrogen and oxygen atoms in total. The van der Waals surface area contributed by atoms with Crippen molar-refractivity contribution in [3.8, 4) is 0 Å². The van der Waals surface area contributed by atoms with Gasteiger partial charge in [-0.2, -0.15) is 0 Å². The van der Waals surface area contributed by atoms with Crippen molar-refractivity contribution in [2.45, 2.75) is 57.0 Å². The molecule has 2 aliphatic rings. The summed E-state index contributed by atoms with van der Waals surface area (Å²) in [5.41, 5.74) is 10.5. The van der Waals surface area contributed by atoms with Crippen LogP contribution in [0.5, 0.6) is 0 Å². The highest BCUT2D eigenvalue weighted by molar-refractivity contribution is 5.52. The SMILES string of the molecule is CN(c1ccc2c(c1)CCC2)C1CCC(N)CC1. The van der Waals surface area contributed by atoms with Crippen LogP contribution in [0.4, 0.5) is 5.69 Å². The minimum absolute atomic E-state index is 0.440. The summed E-state index contributed by atoms with van der Waals surface area (Å²) in [6.07, 6.45) is 8.73. The molecule has 0 atom stereocenters. The smallest absolute Gasteiger partial charge is 0.0369 e. The third-order valence-corrected chi connectivity index (χ3v) is 4.78. The Morgan fingerprint density at radius 1 is 1.06 bits per heavy atom. The fourth-order valence-corrected chi connectivity index (χ4v) is 3.48. The van der Waals surface area contributed by atoms with Crippen LogP contribution in [0.15, 0.2) is 18.2 Å². The number of hydrogen-bond acceptors (Lipinski definition) is 2. The standard InChI is InChI=1S/C16H24N2/c1-18(15-9-6-14(17)7-10-15)16-8-5-12-3-2-4-13(12)11-16/h5,8,11,14-15H,2-4,6-7,9-10,17H2,1H3. The van der Waals surface area contributed by atoms with E-state index < -0.39 is 0 Å². The van der Waals surface area contributed by atoms with Crippen LogP contribution in [0.3, 0.4) is 0 Å². The zero-order chi connectivity index (χ0) is 12.5. The average molecular weight is 244 g/mol. The van der Waals surface area contributed by atoms with Gasteiger partial charge in [0, 0.05) is 24.8 Å². The van der Waals surface area contributed by atoms with E-state index >= 15 is 0 Å². The molecule has 18 heavy (non-hydrogen) atoms. The Morgan fingerprint density at radius 3 is 2.56 bits per heavy atom. The van der Waals surface area contributed by atoms with Gasteiger partial charge in [0.1, 0.15) is 0 Å². The van der Waals surface area contributed by atoms with Crippen LogP contribution < -0.4 is 10.6 Å². The van der Waals surface area contributed by atoms with E-state index in [1.165, 1.54) is 50.6 Å². The molecule has 98 valence electrons. The van der Waals surface area contributed by atoms with Gasteiger partial charge in [0.2, 0.25) is 0 Å². The van der Waals surface area contributed by atoms with Gasteiger partial charge in [0.05, 0.1) is 0 Å². The largest absolute Gasteiger partial charge is 0.372 e. The predicted octanol–water partition coefficient (Wildman–Crippen LogP) is 2.88. The number of anilines is 1. The molecule has 0 spiro atoms. The number of benzene rings is 1. The zero-order valence-corrected chi connectivity index (χ0v) is 11.4. The lowest BCUT2D eigenvalue weighted by molar-refractivity contribution is 0.385. The van der Waals surface area contributed by atoms with E-state index in [1.54, 1.807) is 11.1 Å². The zero-order valence-electron chi connectivity index (χ0n) is 11.4. The van der Waals surface area contributed by atoms with Gasteiger partial charge >= 0.3 is 0 Å². The summed E-state index contributed by atoms with van der Waals surface area (Å²) in [5, 5.41) is 0. The summed E-state index contributed by atoms with van der Waals surface area (Å²) in [4.78, 5) is 2.48. The average Bonchev–Trinajstić information content (AvgIpc) is 2.86. The van der Waals surface area contributed by atoms with Crippen molar-refractivity contribution in [3.63, 3.8) is 0 Å². The molecule has 0 radical (unpaired) electrons. The van der Waals surface area contributed by atoms with E-state index in [0.717, 1.165) is 0 Å². The number of fused-ring (bicyclic) bond motifs is 1. The first kappa shape index (κ1) is 12.0. The van der Waals surface area contributed by atoms with Crippen LogP contribution in [0.2, 0.25) is 0 Å². The quantitative estimate of drug-likeness (QED) is 0.866. The highest BCUT2D eigenvalue weighted by atomic mass is 15.1. The molecule has 0 amide bonds. The first-order valence-electron chi connectivity index (χ1n) is 7.34. The molecule has 1 saturated carbocycles. The highest BCUT2D eigenvalue weighted by Crippen LogP contribution is 2.30. The summed E-state index contributed by atoms with van der Waals surface area (Å²) in [7, 11) is 2.25. The molecule has 1 fully saturated rings. The summed E-state index contributed by atoms with van der Waals surface area (Å²) in [5.74, 6) is 0. The summed E-state index contributed by atoms with van der Waals surface area (Å²) in [6, 6.07) is 8.18. The molecule has 0 heterocycles. The Kier molecular flexibility index (Phi) is 3.29. The van der Waals surface area contributed by atoms with E-state index in [0.29, 0.717) is 12.1 Å². The first-order valence-corrected chi connectivity index (χ1v) is 7.34. The van der Waals surface area contributed by atoms with Gasteiger partial charge in [-0.15, -0.1) is 0 Å². The maximum atomic E-state index is 5.99. The van der Waals surface area contributed by atoms with E-state index in [9.17, 15) is 0 Å². The van der Waals surface area contributed by atoms with Crippen molar-refractivity contribution in [3.05, 3.63) is 29.3 Å². The maximum Gasteiger partial charge on any atom is 0.0369 e. The molecule has 0 saturated heterocycles. The number of nitrogens with two attached hydrogens (primary N) is 1. The highest BCUT2D eigenvalue weighted by Gasteiger charge is 2.23. The Labute approximate surface area is 110 Å². The van der Waals surface area contributed by atoms with Gasteiger partial charge in [0.25, 0.3) is 0 Å². The fourth-order valence-electron chi connectivity index (χ4n) is 3.48. The molecule has 0 aliphatic heterocycles. The van der Waals surface area contributed by atoms with Gasteiger partial charge in [0.15, 0.2) is 0 Å². The first-order chi connectivity index (χ1) is 8.74. The van der Waals surface area contributed by atoms with Crippen LogP contribution in [0.1, 0.15) is 43.2 Å². The maximum absolute atomic E-state index is 5.99. The van der Waals surface area contributed by atoms with Crippen molar-refractivity contribution < 1.29 is 0 Å². The summed E-state index contributed by atoms with van der Waals surface area (Å²) < 4.78 is 0. The Morgan fingerprint density at radius 2 is 1.78 bits per heavy atom. The predicted molar refractivity (Wildman–Crippen MR) is 77.1 cm³/mol. The molecule has 0 bridgehead atoms. The van der Waals surface area contributed by atoms with Crippen molar-refractivity contribution in [2.75, 3.05) is 11.9 Å². The van der Waals surface area contributed by atoms with Crippen molar-refractivity contribution in [1.29, 1.82) is 0 Å². The molecule has 1 aromatic carbocycles.